The van der Waals surface area contributed by atoms with Crippen molar-refractivity contribution in [2.75, 3.05) is 0 Å². The molecule has 3 nitrogen and oxygen atoms in total. The van der Waals surface area contributed by atoms with Crippen LogP contribution < -0.4 is 0 Å². The standard InChI is InChI=1S/C15H24O3SSi/c1-11(18-20(5,6)15(2,3)4)19-13-9-7-12(8-10-13)14(16)17/h7-11H,1-6H3,(H,16,17). The van der Waals surface area contributed by atoms with E-state index < -0.39 is 14.3 Å². The van der Waals surface area contributed by atoms with Gasteiger partial charge in [-0.15, -0.1) is 0 Å². The highest BCUT2D eigenvalue weighted by Gasteiger charge is 2.38. The van der Waals surface area contributed by atoms with E-state index in [0.29, 0.717) is 5.56 Å². The van der Waals surface area contributed by atoms with Crippen LogP contribution in [0.5, 0.6) is 0 Å². The lowest BCUT2D eigenvalue weighted by molar-refractivity contribution is 0.0697. The third-order valence-corrected chi connectivity index (χ3v) is 9.37. The minimum Gasteiger partial charge on any atom is -0.478 e. The van der Waals surface area contributed by atoms with Gasteiger partial charge in [-0.25, -0.2) is 4.79 Å². The average molecular weight is 313 g/mol. The molecule has 1 aromatic rings. The van der Waals surface area contributed by atoms with Crippen molar-refractivity contribution in [2.45, 2.75) is 56.2 Å². The zero-order chi connectivity index (χ0) is 15.6. The van der Waals surface area contributed by atoms with Crippen molar-refractivity contribution < 1.29 is 14.3 Å². The number of benzene rings is 1. The first-order valence-electron chi connectivity index (χ1n) is 6.71. The molecule has 0 fully saturated rings. The Balaban J connectivity index is 2.67. The van der Waals surface area contributed by atoms with Gasteiger partial charge in [0, 0.05) is 4.90 Å². The topological polar surface area (TPSA) is 46.5 Å². The van der Waals surface area contributed by atoms with Crippen molar-refractivity contribution in [3.63, 3.8) is 0 Å². The fourth-order valence-corrected chi connectivity index (χ4v) is 4.26. The number of carboxylic acids is 1. The largest absolute Gasteiger partial charge is 0.478 e. The van der Waals surface area contributed by atoms with Crippen molar-refractivity contribution in [1.29, 1.82) is 0 Å². The molecular formula is C15H24O3SSi. The molecule has 1 unspecified atom stereocenters. The summed E-state index contributed by atoms with van der Waals surface area (Å²) < 4.78 is 6.27. The molecule has 1 atom stereocenters. The first kappa shape index (κ1) is 17.3. The fraction of sp³-hybridized carbons (Fsp3) is 0.533. The van der Waals surface area contributed by atoms with Crippen LogP contribution in [0, 0.1) is 0 Å². The molecule has 112 valence electrons. The van der Waals surface area contributed by atoms with Crippen LogP contribution in [-0.4, -0.2) is 24.8 Å². The molecule has 0 aromatic heterocycles. The molecule has 0 radical (unpaired) electrons. The van der Waals surface area contributed by atoms with Crippen LogP contribution in [0.2, 0.25) is 18.1 Å². The molecule has 1 rings (SSSR count). The number of aromatic carboxylic acids is 1. The summed E-state index contributed by atoms with van der Waals surface area (Å²) in [6, 6.07) is 6.92. The Morgan fingerprint density at radius 2 is 1.75 bits per heavy atom. The molecule has 0 bridgehead atoms. The molecule has 0 saturated heterocycles. The van der Waals surface area contributed by atoms with E-state index in [9.17, 15) is 4.79 Å². The molecule has 0 aliphatic carbocycles. The van der Waals surface area contributed by atoms with Gasteiger partial charge < -0.3 is 9.53 Å². The number of thioether (sulfide) groups is 1. The van der Waals surface area contributed by atoms with Crippen molar-refractivity contribution in [3.8, 4) is 0 Å². The molecule has 0 amide bonds. The molecule has 20 heavy (non-hydrogen) atoms. The minimum atomic E-state index is -1.77. The van der Waals surface area contributed by atoms with Crippen molar-refractivity contribution >= 4 is 26.0 Å². The SMILES string of the molecule is CC(O[Si](C)(C)C(C)(C)C)Sc1ccc(C(=O)O)cc1. The quantitative estimate of drug-likeness (QED) is 0.480. The molecular weight excluding hydrogens is 288 g/mol. The Kier molecular flexibility index (Phi) is 5.46. The third-order valence-electron chi connectivity index (χ3n) is 3.67. The molecule has 0 aliphatic rings. The first-order valence-corrected chi connectivity index (χ1v) is 10.5. The van der Waals surface area contributed by atoms with Gasteiger partial charge in [-0.3, -0.25) is 0 Å². The summed E-state index contributed by atoms with van der Waals surface area (Å²) in [6.07, 6.45) is 0. The summed E-state index contributed by atoms with van der Waals surface area (Å²) in [4.78, 5) is 11.8. The van der Waals surface area contributed by atoms with Gasteiger partial charge in [-0.1, -0.05) is 32.5 Å². The lowest BCUT2D eigenvalue weighted by Crippen LogP contribution is -2.42. The van der Waals surface area contributed by atoms with Gasteiger partial charge in [0.15, 0.2) is 8.32 Å². The van der Waals surface area contributed by atoms with Crippen LogP contribution >= 0.6 is 11.8 Å². The summed E-state index contributed by atoms with van der Waals surface area (Å²) in [7, 11) is -1.77. The van der Waals surface area contributed by atoms with Gasteiger partial charge in [-0.2, -0.15) is 0 Å². The van der Waals surface area contributed by atoms with E-state index in [1.165, 1.54) is 0 Å². The van der Waals surface area contributed by atoms with Crippen molar-refractivity contribution in [1.82, 2.24) is 0 Å². The molecule has 5 heteroatoms. The number of rotatable bonds is 5. The number of hydrogen-bond acceptors (Lipinski definition) is 3. The third kappa shape index (κ3) is 4.65. The van der Waals surface area contributed by atoms with E-state index >= 15 is 0 Å². The number of hydrogen-bond donors (Lipinski definition) is 1. The maximum atomic E-state index is 10.8. The summed E-state index contributed by atoms with van der Waals surface area (Å²) in [5.41, 5.74) is 0.374. The predicted octanol–water partition coefficient (Wildman–Crippen LogP) is 4.84. The lowest BCUT2D eigenvalue weighted by atomic mass is 10.2. The van der Waals surface area contributed by atoms with E-state index in [4.69, 9.17) is 9.53 Å². The zero-order valence-corrected chi connectivity index (χ0v) is 14.9. The molecule has 0 aliphatic heterocycles. The Morgan fingerprint density at radius 1 is 1.25 bits per heavy atom. The van der Waals surface area contributed by atoms with E-state index in [0.717, 1.165) is 4.90 Å². The molecule has 0 heterocycles. The van der Waals surface area contributed by atoms with E-state index in [-0.39, 0.29) is 10.5 Å². The summed E-state index contributed by atoms with van der Waals surface area (Å²) in [5.74, 6) is -0.896. The summed E-state index contributed by atoms with van der Waals surface area (Å²) >= 11 is 1.63. The lowest BCUT2D eigenvalue weighted by Gasteiger charge is -2.38. The molecule has 0 saturated carbocycles. The van der Waals surface area contributed by atoms with Crippen LogP contribution in [0.15, 0.2) is 29.2 Å². The monoisotopic (exact) mass is 312 g/mol. The van der Waals surface area contributed by atoms with Gasteiger partial charge in [0.1, 0.15) is 0 Å². The van der Waals surface area contributed by atoms with E-state index in [1.54, 1.807) is 23.9 Å². The summed E-state index contributed by atoms with van der Waals surface area (Å²) in [5, 5.41) is 9.06. The van der Waals surface area contributed by atoms with Gasteiger partial charge in [-0.05, 0) is 49.3 Å². The smallest absolute Gasteiger partial charge is 0.335 e. The minimum absolute atomic E-state index is 0.0616. The Bertz CT molecular complexity index is 463. The Hall–Kier alpha value is -0.783. The normalized spacial score (nSPS) is 14.1. The Morgan fingerprint density at radius 3 is 2.15 bits per heavy atom. The predicted molar refractivity (Wildman–Crippen MR) is 87.0 cm³/mol. The molecule has 1 aromatic carbocycles. The average Bonchev–Trinajstić information content (AvgIpc) is 2.27. The van der Waals surface area contributed by atoms with Gasteiger partial charge in [0.05, 0.1) is 11.0 Å². The van der Waals surface area contributed by atoms with Gasteiger partial charge in [0.25, 0.3) is 0 Å². The maximum Gasteiger partial charge on any atom is 0.335 e. The maximum absolute atomic E-state index is 10.8. The highest BCUT2D eigenvalue weighted by molar-refractivity contribution is 7.99. The van der Waals surface area contributed by atoms with Crippen LogP contribution in [0.3, 0.4) is 0 Å². The van der Waals surface area contributed by atoms with E-state index in [1.807, 2.05) is 12.1 Å². The number of carbonyl (C=O) groups is 1. The highest BCUT2D eigenvalue weighted by atomic mass is 32.2. The molecule has 1 N–H and O–H groups in total. The van der Waals surface area contributed by atoms with Crippen LogP contribution in [-0.2, 0) is 4.43 Å². The van der Waals surface area contributed by atoms with Gasteiger partial charge >= 0.3 is 5.97 Å². The van der Waals surface area contributed by atoms with Crippen molar-refractivity contribution in [2.24, 2.45) is 0 Å². The van der Waals surface area contributed by atoms with Crippen LogP contribution in [0.25, 0.3) is 0 Å². The second-order valence-electron chi connectivity index (χ2n) is 6.39. The van der Waals surface area contributed by atoms with Crippen LogP contribution in [0.4, 0.5) is 0 Å². The summed E-state index contributed by atoms with van der Waals surface area (Å²) in [6.45, 7) is 13.2. The fourth-order valence-electron chi connectivity index (χ4n) is 1.48. The second kappa shape index (κ2) is 6.33. The molecule has 0 spiro atoms. The van der Waals surface area contributed by atoms with Gasteiger partial charge in [0.2, 0.25) is 0 Å². The van der Waals surface area contributed by atoms with Crippen molar-refractivity contribution in [3.05, 3.63) is 29.8 Å². The second-order valence-corrected chi connectivity index (χ2v) is 12.5. The number of carboxylic acid groups (broad SMARTS) is 1. The highest BCUT2D eigenvalue weighted by Crippen LogP contribution is 2.39. The first-order chi connectivity index (χ1) is 9.03. The zero-order valence-electron chi connectivity index (χ0n) is 13.1. The Labute approximate surface area is 126 Å². The van der Waals surface area contributed by atoms with E-state index in [2.05, 4.69) is 40.8 Å². The van der Waals surface area contributed by atoms with Crippen LogP contribution in [0.1, 0.15) is 38.1 Å².